The van der Waals surface area contributed by atoms with Gasteiger partial charge in [-0.15, -0.1) is 0 Å². The van der Waals surface area contributed by atoms with Crippen molar-refractivity contribution in [3.05, 3.63) is 40.3 Å². The molecule has 2 atom stereocenters. The summed E-state index contributed by atoms with van der Waals surface area (Å²) in [6, 6.07) is 2.13. The Morgan fingerprint density at radius 2 is 2.20 bits per heavy atom. The van der Waals surface area contributed by atoms with Gasteiger partial charge in [-0.3, -0.25) is 9.79 Å². The van der Waals surface area contributed by atoms with Gasteiger partial charge in [-0.2, -0.15) is 0 Å². The number of hydrogen-bond donors (Lipinski definition) is 1. The van der Waals surface area contributed by atoms with Crippen molar-refractivity contribution in [1.29, 1.82) is 0 Å². The number of methoxy groups -OCH3 is 1. The van der Waals surface area contributed by atoms with Crippen LogP contribution < -0.4 is 10.1 Å². The van der Waals surface area contributed by atoms with Crippen molar-refractivity contribution >= 4 is 22.8 Å². The minimum Gasteiger partial charge on any atom is -0.496 e. The molecule has 1 amide bonds. The van der Waals surface area contributed by atoms with Gasteiger partial charge in [0.15, 0.2) is 5.17 Å². The third-order valence-corrected chi connectivity index (χ3v) is 5.88. The fourth-order valence-electron chi connectivity index (χ4n) is 3.61. The van der Waals surface area contributed by atoms with E-state index in [1.54, 1.807) is 19.6 Å². The van der Waals surface area contributed by atoms with Gasteiger partial charge >= 0.3 is 0 Å². The van der Waals surface area contributed by atoms with E-state index in [0.717, 1.165) is 25.0 Å². The first-order chi connectivity index (χ1) is 11.9. The van der Waals surface area contributed by atoms with E-state index >= 15 is 0 Å². The van der Waals surface area contributed by atoms with Gasteiger partial charge < -0.3 is 10.1 Å². The zero-order chi connectivity index (χ0) is 18.6. The molecule has 0 saturated heterocycles. The summed E-state index contributed by atoms with van der Waals surface area (Å²) in [5, 5.41) is 5.18. The van der Waals surface area contributed by atoms with Crippen molar-refractivity contribution in [1.82, 2.24) is 5.32 Å². The number of nitrogens with one attached hydrogen (secondary N) is 1. The molecule has 0 aliphatic heterocycles. The number of benzene rings is 1. The summed E-state index contributed by atoms with van der Waals surface area (Å²) in [5.74, 6) is 1.23. The van der Waals surface area contributed by atoms with Gasteiger partial charge in [-0.05, 0) is 72.8 Å². The average molecular weight is 361 g/mol. The Morgan fingerprint density at radius 3 is 2.80 bits per heavy atom. The van der Waals surface area contributed by atoms with Gasteiger partial charge in [0.25, 0.3) is 0 Å². The number of hydrogen-bond acceptors (Lipinski definition) is 4. The molecule has 25 heavy (non-hydrogen) atoms. The molecule has 0 spiro atoms. The Hall–Kier alpha value is -1.75. The lowest BCUT2D eigenvalue weighted by Crippen LogP contribution is -2.38. The highest BCUT2D eigenvalue weighted by molar-refractivity contribution is 8.16. The minimum absolute atomic E-state index is 0.0284. The van der Waals surface area contributed by atoms with Gasteiger partial charge in [0.1, 0.15) is 5.75 Å². The fourth-order valence-corrected chi connectivity index (χ4v) is 4.04. The molecule has 2 rings (SSSR count). The van der Waals surface area contributed by atoms with Crippen molar-refractivity contribution in [2.24, 2.45) is 16.8 Å². The van der Waals surface area contributed by atoms with E-state index in [4.69, 9.17) is 4.74 Å². The number of aryl methyl sites for hydroxylation is 1. The maximum atomic E-state index is 12.6. The van der Waals surface area contributed by atoms with Crippen LogP contribution in [0.25, 0.3) is 0 Å². The number of amides is 1. The predicted molar refractivity (Wildman–Crippen MR) is 106 cm³/mol. The lowest BCUT2D eigenvalue weighted by molar-refractivity contribution is -0.124. The van der Waals surface area contributed by atoms with E-state index in [1.807, 2.05) is 6.92 Å². The molecule has 1 N–H and O–H groups in total. The van der Waals surface area contributed by atoms with E-state index in [0.29, 0.717) is 11.1 Å². The molecule has 1 aliphatic carbocycles. The van der Waals surface area contributed by atoms with Crippen molar-refractivity contribution in [2.45, 2.75) is 40.0 Å². The summed E-state index contributed by atoms with van der Waals surface area (Å²) in [7, 11) is 3.39. The summed E-state index contributed by atoms with van der Waals surface area (Å²) in [5.41, 5.74) is 5.28. The molecular weight excluding hydrogens is 332 g/mol. The minimum atomic E-state index is -0.0683. The quantitative estimate of drug-likeness (QED) is 0.651. The van der Waals surface area contributed by atoms with Crippen molar-refractivity contribution in [3.8, 4) is 5.75 Å². The van der Waals surface area contributed by atoms with Crippen LogP contribution in [0, 0.1) is 25.7 Å². The van der Waals surface area contributed by atoms with Gasteiger partial charge in [-0.25, -0.2) is 0 Å². The predicted octanol–water partition coefficient (Wildman–Crippen LogP) is 4.03. The first-order valence-corrected chi connectivity index (χ1v) is 9.52. The normalized spacial score (nSPS) is 18.3. The van der Waals surface area contributed by atoms with E-state index in [-0.39, 0.29) is 11.8 Å². The lowest BCUT2D eigenvalue weighted by Gasteiger charge is -2.31. The number of fused-ring (bicyclic) bond motifs is 1. The van der Waals surface area contributed by atoms with Crippen LogP contribution in [0.1, 0.15) is 35.6 Å². The summed E-state index contributed by atoms with van der Waals surface area (Å²) in [6.45, 7) is 9.95. The number of carbonyl (C=O) groups excluding carboxylic acids is 1. The van der Waals surface area contributed by atoms with Crippen LogP contribution in [-0.2, 0) is 17.6 Å². The van der Waals surface area contributed by atoms with Gasteiger partial charge in [-0.1, -0.05) is 25.3 Å². The Bertz CT molecular complexity index is 697. The van der Waals surface area contributed by atoms with E-state index in [9.17, 15) is 4.79 Å². The molecule has 0 aromatic heterocycles. The molecule has 0 fully saturated rings. The molecule has 1 aromatic rings. The first kappa shape index (κ1) is 19.6. The molecule has 1 aromatic carbocycles. The molecule has 0 bridgehead atoms. The topological polar surface area (TPSA) is 50.7 Å². The van der Waals surface area contributed by atoms with Crippen LogP contribution in [0.15, 0.2) is 23.0 Å². The van der Waals surface area contributed by atoms with Crippen LogP contribution in [0.3, 0.4) is 0 Å². The maximum Gasteiger partial charge on any atom is 0.229 e. The van der Waals surface area contributed by atoms with E-state index in [2.05, 4.69) is 36.8 Å². The second-order valence-corrected chi connectivity index (χ2v) is 7.53. The molecule has 4 nitrogen and oxygen atoms in total. The van der Waals surface area contributed by atoms with Crippen LogP contribution in [0.2, 0.25) is 0 Å². The second kappa shape index (κ2) is 8.56. The highest BCUT2D eigenvalue weighted by atomic mass is 32.2. The van der Waals surface area contributed by atoms with E-state index in [1.165, 1.54) is 34.0 Å². The molecule has 0 saturated carbocycles. The third kappa shape index (κ3) is 4.27. The van der Waals surface area contributed by atoms with E-state index < -0.39 is 0 Å². The monoisotopic (exact) mass is 360 g/mol. The smallest absolute Gasteiger partial charge is 0.229 e. The maximum absolute atomic E-state index is 12.6. The zero-order valence-electron chi connectivity index (χ0n) is 15.8. The van der Waals surface area contributed by atoms with Gasteiger partial charge in [0.05, 0.1) is 7.11 Å². The summed E-state index contributed by atoms with van der Waals surface area (Å²) in [6.07, 6.45) is 2.97. The highest BCUT2D eigenvalue weighted by Gasteiger charge is 2.30. The largest absolute Gasteiger partial charge is 0.496 e. The fraction of sp³-hybridized carbons (Fsp3) is 0.500. The Labute approximate surface area is 155 Å². The van der Waals surface area contributed by atoms with Crippen molar-refractivity contribution in [2.75, 3.05) is 14.2 Å². The number of thioether (sulfide) groups is 1. The second-order valence-electron chi connectivity index (χ2n) is 6.57. The summed E-state index contributed by atoms with van der Waals surface area (Å²) < 4.78 is 5.52. The number of nitrogens with zero attached hydrogens (tertiary/aromatic N) is 1. The number of aliphatic imine (C=N–C) groups is 1. The van der Waals surface area contributed by atoms with Gasteiger partial charge in [0.2, 0.25) is 5.91 Å². The Kier molecular flexibility index (Phi) is 6.71. The molecule has 0 heterocycles. The Balaban J connectivity index is 2.17. The summed E-state index contributed by atoms with van der Waals surface area (Å²) >= 11 is 1.33. The van der Waals surface area contributed by atoms with Crippen LogP contribution >= 0.6 is 11.8 Å². The SMILES string of the molecule is C=CSC(=NC)NC(=O)[C@@H](C)C1CCc2c(C)cc(OC)c(C)c2C1. The standard InChI is InChI=1S/C20H28N2O2S/c1-7-25-20(21-5)22-19(23)13(3)15-8-9-16-12(2)10-18(24-6)14(4)17(16)11-15/h7,10,13,15H,1,8-9,11H2,2-6H3,(H,21,22,23)/t13-,15?/m0/s1. The number of carbonyl (C=O) groups is 1. The van der Waals surface area contributed by atoms with Gasteiger partial charge in [0, 0.05) is 13.0 Å². The van der Waals surface area contributed by atoms with Crippen molar-refractivity contribution in [3.63, 3.8) is 0 Å². The van der Waals surface area contributed by atoms with Crippen LogP contribution in [0.4, 0.5) is 0 Å². The number of amidine groups is 1. The molecule has 5 heteroatoms. The third-order valence-electron chi connectivity index (χ3n) is 5.21. The molecule has 1 aliphatic rings. The van der Waals surface area contributed by atoms with Crippen LogP contribution in [0.5, 0.6) is 5.75 Å². The zero-order valence-corrected chi connectivity index (χ0v) is 16.6. The van der Waals surface area contributed by atoms with Crippen molar-refractivity contribution < 1.29 is 9.53 Å². The molecule has 0 radical (unpaired) electrons. The number of rotatable bonds is 4. The highest BCUT2D eigenvalue weighted by Crippen LogP contribution is 2.37. The summed E-state index contributed by atoms with van der Waals surface area (Å²) in [4.78, 5) is 16.7. The Morgan fingerprint density at radius 1 is 1.48 bits per heavy atom. The lowest BCUT2D eigenvalue weighted by atomic mass is 9.75. The average Bonchev–Trinajstić information content (AvgIpc) is 2.63. The first-order valence-electron chi connectivity index (χ1n) is 8.64. The van der Waals surface area contributed by atoms with Crippen LogP contribution in [-0.4, -0.2) is 25.2 Å². The molecule has 136 valence electrons. The number of ether oxygens (including phenoxy) is 1. The molecule has 1 unspecified atom stereocenters. The molecular formula is C20H28N2O2S.